The van der Waals surface area contributed by atoms with E-state index in [1.807, 2.05) is 23.1 Å². The Hall–Kier alpha value is -1.79. The molecule has 4 rings (SSSR count). The maximum absolute atomic E-state index is 12.8. The van der Waals surface area contributed by atoms with Crippen molar-refractivity contribution in [3.63, 3.8) is 0 Å². The van der Waals surface area contributed by atoms with Crippen LogP contribution in [0.2, 0.25) is 0 Å². The summed E-state index contributed by atoms with van der Waals surface area (Å²) in [6.07, 6.45) is 2.37. The van der Waals surface area contributed by atoms with Crippen molar-refractivity contribution in [2.45, 2.75) is 31.4 Å². The van der Waals surface area contributed by atoms with Crippen LogP contribution >= 0.6 is 0 Å². The molecule has 24 heavy (non-hydrogen) atoms. The number of carbonyl (C=O) groups is 1. The zero-order valence-corrected chi connectivity index (χ0v) is 13.7. The number of rotatable bonds is 2. The van der Waals surface area contributed by atoms with Crippen LogP contribution in [-0.4, -0.2) is 56.5 Å². The van der Waals surface area contributed by atoms with Crippen LogP contribution in [0.25, 0.3) is 0 Å². The number of likely N-dealkylation sites (tertiary alicyclic amines) is 1. The number of carbonyl (C=O) groups excluding carboxylic acids is 1. The number of hydrogen-bond donors (Lipinski definition) is 0. The molecule has 1 aromatic rings. The molecule has 2 saturated heterocycles. The van der Waals surface area contributed by atoms with E-state index < -0.39 is 6.10 Å². The van der Waals surface area contributed by atoms with E-state index in [0.29, 0.717) is 33.0 Å². The lowest BCUT2D eigenvalue weighted by Gasteiger charge is -2.31. The van der Waals surface area contributed by atoms with Crippen molar-refractivity contribution >= 4 is 5.91 Å². The second-order valence-electron chi connectivity index (χ2n) is 6.38. The molecular formula is C18H23NO5. The maximum atomic E-state index is 12.8. The first-order chi connectivity index (χ1) is 11.8. The lowest BCUT2D eigenvalue weighted by Crippen LogP contribution is -2.45. The predicted molar refractivity (Wildman–Crippen MR) is 86.3 cm³/mol. The summed E-state index contributed by atoms with van der Waals surface area (Å²) >= 11 is 0. The summed E-state index contributed by atoms with van der Waals surface area (Å²) < 4.78 is 22.4. The van der Waals surface area contributed by atoms with Crippen LogP contribution in [0.15, 0.2) is 18.2 Å². The first-order valence-corrected chi connectivity index (χ1v) is 8.72. The quantitative estimate of drug-likeness (QED) is 0.828. The number of ether oxygens (including phenoxy) is 4. The normalized spacial score (nSPS) is 26.9. The largest absolute Gasteiger partial charge is 0.490 e. The van der Waals surface area contributed by atoms with E-state index in [-0.39, 0.29) is 11.9 Å². The Morgan fingerprint density at radius 1 is 1.04 bits per heavy atom. The van der Waals surface area contributed by atoms with Crippen LogP contribution < -0.4 is 9.47 Å². The smallest absolute Gasteiger partial charge is 0.254 e. The Morgan fingerprint density at radius 2 is 1.92 bits per heavy atom. The van der Waals surface area contributed by atoms with Gasteiger partial charge < -0.3 is 23.8 Å². The molecule has 0 bridgehead atoms. The summed E-state index contributed by atoms with van der Waals surface area (Å²) in [4.78, 5) is 14.7. The van der Waals surface area contributed by atoms with E-state index in [9.17, 15) is 4.79 Å². The molecule has 2 fully saturated rings. The fourth-order valence-corrected chi connectivity index (χ4v) is 3.58. The summed E-state index contributed by atoms with van der Waals surface area (Å²) in [5.41, 5.74) is 1.10. The minimum Gasteiger partial charge on any atom is -0.490 e. The van der Waals surface area contributed by atoms with E-state index in [4.69, 9.17) is 18.9 Å². The lowest BCUT2D eigenvalue weighted by atomic mass is 10.0. The van der Waals surface area contributed by atoms with Crippen LogP contribution in [0.5, 0.6) is 11.5 Å². The predicted octanol–water partition coefficient (Wildman–Crippen LogP) is 1.93. The van der Waals surface area contributed by atoms with Crippen LogP contribution in [0, 0.1) is 0 Å². The van der Waals surface area contributed by atoms with Gasteiger partial charge in [-0.2, -0.15) is 0 Å². The average molecular weight is 333 g/mol. The van der Waals surface area contributed by atoms with Crippen molar-refractivity contribution in [2.75, 3.05) is 39.6 Å². The van der Waals surface area contributed by atoms with Crippen LogP contribution in [0.4, 0.5) is 0 Å². The van der Waals surface area contributed by atoms with Gasteiger partial charge in [-0.25, -0.2) is 0 Å². The molecule has 2 atom stereocenters. The number of amides is 1. The highest BCUT2D eigenvalue weighted by Gasteiger charge is 2.35. The number of hydrogen-bond acceptors (Lipinski definition) is 5. The van der Waals surface area contributed by atoms with Gasteiger partial charge in [0.1, 0.15) is 0 Å². The highest BCUT2D eigenvalue weighted by atomic mass is 16.6. The lowest BCUT2D eigenvalue weighted by molar-refractivity contribution is -0.158. The van der Waals surface area contributed by atoms with Gasteiger partial charge >= 0.3 is 0 Å². The summed E-state index contributed by atoms with van der Waals surface area (Å²) in [5, 5.41) is 0. The van der Waals surface area contributed by atoms with Crippen molar-refractivity contribution < 1.29 is 23.7 Å². The third-order valence-electron chi connectivity index (χ3n) is 4.78. The second-order valence-corrected chi connectivity index (χ2v) is 6.38. The SMILES string of the molecule is O=C([C@@H]1COCCO1)N1CCC[C@H]1c1ccc2c(c1)OCCCO2. The Morgan fingerprint density at radius 3 is 2.75 bits per heavy atom. The van der Waals surface area contributed by atoms with E-state index in [1.165, 1.54) is 0 Å². The van der Waals surface area contributed by atoms with Crippen LogP contribution in [0.3, 0.4) is 0 Å². The summed E-state index contributed by atoms with van der Waals surface area (Å²) in [6.45, 7) is 3.51. The zero-order valence-electron chi connectivity index (χ0n) is 13.7. The van der Waals surface area contributed by atoms with Gasteiger partial charge in [-0.05, 0) is 30.5 Å². The van der Waals surface area contributed by atoms with Crippen LogP contribution in [-0.2, 0) is 14.3 Å². The fraction of sp³-hybridized carbons (Fsp3) is 0.611. The van der Waals surface area contributed by atoms with Crippen molar-refractivity contribution in [1.29, 1.82) is 0 Å². The van der Waals surface area contributed by atoms with Gasteiger partial charge in [0.15, 0.2) is 17.6 Å². The Labute approximate surface area is 141 Å². The molecule has 0 aliphatic carbocycles. The van der Waals surface area contributed by atoms with E-state index in [1.54, 1.807) is 0 Å². The average Bonchev–Trinajstić information content (AvgIpc) is 3.00. The van der Waals surface area contributed by atoms with Crippen molar-refractivity contribution in [3.05, 3.63) is 23.8 Å². The number of benzene rings is 1. The van der Waals surface area contributed by atoms with E-state index in [2.05, 4.69) is 0 Å². The Balaban J connectivity index is 1.54. The van der Waals surface area contributed by atoms with Gasteiger partial charge in [-0.3, -0.25) is 4.79 Å². The van der Waals surface area contributed by atoms with Crippen molar-refractivity contribution in [3.8, 4) is 11.5 Å². The Kier molecular flexibility index (Phi) is 4.58. The van der Waals surface area contributed by atoms with Gasteiger partial charge in [0.25, 0.3) is 5.91 Å². The molecule has 6 nitrogen and oxygen atoms in total. The molecule has 1 aromatic carbocycles. The van der Waals surface area contributed by atoms with Crippen molar-refractivity contribution in [1.82, 2.24) is 4.90 Å². The molecule has 0 saturated carbocycles. The minimum absolute atomic E-state index is 0.0318. The molecule has 3 aliphatic heterocycles. The molecule has 3 heterocycles. The minimum atomic E-state index is -0.472. The summed E-state index contributed by atoms with van der Waals surface area (Å²) in [6, 6.07) is 6.09. The standard InChI is InChI=1S/C18H23NO5/c20-18(17-12-21-9-10-24-17)19-6-1-3-14(19)13-4-5-15-16(11-13)23-8-2-7-22-15/h4-5,11,14,17H,1-3,6-10,12H2/t14-,17-/m0/s1. The monoisotopic (exact) mass is 333 g/mol. The highest BCUT2D eigenvalue weighted by Crippen LogP contribution is 2.38. The molecular weight excluding hydrogens is 310 g/mol. The number of nitrogens with zero attached hydrogens (tertiary/aromatic N) is 1. The third-order valence-corrected chi connectivity index (χ3v) is 4.78. The molecule has 0 radical (unpaired) electrons. The van der Waals surface area contributed by atoms with Gasteiger partial charge in [-0.15, -0.1) is 0 Å². The second kappa shape index (κ2) is 6.99. The zero-order chi connectivity index (χ0) is 16.4. The van der Waals surface area contributed by atoms with Gasteiger partial charge in [0, 0.05) is 13.0 Å². The van der Waals surface area contributed by atoms with Gasteiger partial charge in [-0.1, -0.05) is 6.07 Å². The molecule has 1 amide bonds. The fourth-order valence-electron chi connectivity index (χ4n) is 3.58. The number of fused-ring (bicyclic) bond motifs is 1. The van der Waals surface area contributed by atoms with Crippen LogP contribution in [0.1, 0.15) is 30.9 Å². The molecule has 0 aromatic heterocycles. The third kappa shape index (κ3) is 3.08. The van der Waals surface area contributed by atoms with Gasteiger partial charge in [0.2, 0.25) is 0 Å². The Bertz CT molecular complexity index is 599. The van der Waals surface area contributed by atoms with Crippen molar-refractivity contribution in [2.24, 2.45) is 0 Å². The summed E-state index contributed by atoms with van der Waals surface area (Å²) in [5.74, 6) is 1.60. The first kappa shape index (κ1) is 15.7. The molecule has 0 unspecified atom stereocenters. The molecule has 3 aliphatic rings. The van der Waals surface area contributed by atoms with E-state index in [0.717, 1.165) is 42.9 Å². The van der Waals surface area contributed by atoms with E-state index >= 15 is 0 Å². The molecule has 0 spiro atoms. The topological polar surface area (TPSA) is 57.2 Å². The highest BCUT2D eigenvalue weighted by molar-refractivity contribution is 5.82. The molecule has 6 heteroatoms. The molecule has 130 valence electrons. The summed E-state index contributed by atoms with van der Waals surface area (Å²) in [7, 11) is 0. The maximum Gasteiger partial charge on any atom is 0.254 e. The molecule has 0 N–H and O–H groups in total. The first-order valence-electron chi connectivity index (χ1n) is 8.72. The van der Waals surface area contributed by atoms with Gasteiger partial charge in [0.05, 0.1) is 39.1 Å².